The van der Waals surface area contributed by atoms with Gasteiger partial charge in [-0.2, -0.15) is 0 Å². The summed E-state index contributed by atoms with van der Waals surface area (Å²) in [5.74, 6) is -0.560. The van der Waals surface area contributed by atoms with E-state index in [4.69, 9.17) is 4.74 Å². The van der Waals surface area contributed by atoms with Gasteiger partial charge in [0.15, 0.2) is 0 Å². The van der Waals surface area contributed by atoms with Crippen molar-refractivity contribution in [2.24, 2.45) is 5.92 Å². The first-order chi connectivity index (χ1) is 9.23. The van der Waals surface area contributed by atoms with E-state index in [0.29, 0.717) is 6.42 Å². The molecular formula is C15H27NO4. The first kappa shape index (κ1) is 18.5. The lowest BCUT2D eigenvalue weighted by Crippen LogP contribution is -2.38. The second-order valence-electron chi connectivity index (χ2n) is 5.71. The Balaban J connectivity index is 0.00000110. The molecule has 1 aliphatic carbocycles. The molecule has 1 rings (SSSR count). The Labute approximate surface area is 121 Å². The van der Waals surface area contributed by atoms with Gasteiger partial charge in [-0.25, -0.2) is 4.79 Å². The molecule has 1 amide bonds. The third-order valence-corrected chi connectivity index (χ3v) is 2.29. The molecule has 0 radical (unpaired) electrons. The fourth-order valence-electron chi connectivity index (χ4n) is 1.59. The smallest absolute Gasteiger partial charge is 0.408 e. The highest BCUT2D eigenvalue weighted by molar-refractivity contribution is 5.75. The van der Waals surface area contributed by atoms with Crippen LogP contribution in [0.25, 0.3) is 0 Å². The summed E-state index contributed by atoms with van der Waals surface area (Å²) >= 11 is 0. The summed E-state index contributed by atoms with van der Waals surface area (Å²) < 4.78 is 9.76. The lowest BCUT2D eigenvalue weighted by atomic mass is 10.1. The molecule has 20 heavy (non-hydrogen) atoms. The van der Waals surface area contributed by atoms with Crippen molar-refractivity contribution in [2.75, 3.05) is 7.11 Å². The van der Waals surface area contributed by atoms with Crippen molar-refractivity contribution in [3.8, 4) is 0 Å². The minimum atomic E-state index is -0.520. The third kappa shape index (κ3) is 7.81. The Bertz CT molecular complexity index is 344. The number of alkyl carbamates (subject to hydrolysis) is 1. The molecular weight excluding hydrogens is 258 g/mol. The minimum absolute atomic E-state index is 0.172. The number of methoxy groups -OCH3 is 1. The average Bonchev–Trinajstić information content (AvgIpc) is 2.74. The number of hydrogen-bond acceptors (Lipinski definition) is 4. The van der Waals surface area contributed by atoms with E-state index in [9.17, 15) is 9.59 Å². The van der Waals surface area contributed by atoms with Gasteiger partial charge in [-0.3, -0.25) is 4.79 Å². The molecule has 1 N–H and O–H groups in total. The molecule has 116 valence electrons. The van der Waals surface area contributed by atoms with Gasteiger partial charge in [-0.05, 0) is 27.2 Å². The van der Waals surface area contributed by atoms with Gasteiger partial charge >= 0.3 is 12.1 Å². The summed E-state index contributed by atoms with van der Waals surface area (Å²) in [6.07, 6.45) is 4.82. The molecule has 0 fully saturated rings. The number of esters is 1. The second kappa shape index (κ2) is 8.61. The Hall–Kier alpha value is -1.52. The number of carbonyl (C=O) groups excluding carboxylic acids is 2. The zero-order chi connectivity index (χ0) is 15.8. The van der Waals surface area contributed by atoms with Gasteiger partial charge < -0.3 is 14.8 Å². The molecule has 0 saturated heterocycles. The summed E-state index contributed by atoms with van der Waals surface area (Å²) in [6.45, 7) is 9.65. The number of carbonyl (C=O) groups is 2. The zero-order valence-electron chi connectivity index (χ0n) is 13.4. The van der Waals surface area contributed by atoms with E-state index in [1.165, 1.54) is 13.5 Å². The van der Waals surface area contributed by atoms with Crippen LogP contribution in [0.5, 0.6) is 0 Å². The number of hydrogen-bond donors (Lipinski definition) is 1. The molecule has 2 unspecified atom stereocenters. The molecule has 0 spiro atoms. The van der Waals surface area contributed by atoms with Crippen molar-refractivity contribution in [1.82, 2.24) is 5.32 Å². The molecule has 2 atom stereocenters. The Morgan fingerprint density at radius 1 is 1.25 bits per heavy atom. The lowest BCUT2D eigenvalue weighted by molar-refractivity contribution is -0.143. The maximum absolute atomic E-state index is 11.5. The van der Waals surface area contributed by atoms with E-state index in [-0.39, 0.29) is 17.9 Å². The molecule has 5 heteroatoms. The van der Waals surface area contributed by atoms with Crippen LogP contribution in [-0.2, 0) is 14.3 Å². The molecule has 0 heterocycles. The largest absolute Gasteiger partial charge is 0.469 e. The van der Waals surface area contributed by atoms with Crippen molar-refractivity contribution >= 4 is 12.1 Å². The molecule has 0 aromatic carbocycles. The van der Waals surface area contributed by atoms with Crippen molar-refractivity contribution in [3.63, 3.8) is 0 Å². The second-order valence-corrected chi connectivity index (χ2v) is 5.71. The van der Waals surface area contributed by atoms with Crippen LogP contribution in [0.15, 0.2) is 12.2 Å². The number of amides is 1. The molecule has 0 aromatic heterocycles. The van der Waals surface area contributed by atoms with Crippen LogP contribution in [0, 0.1) is 5.92 Å². The Morgan fingerprint density at radius 3 is 2.25 bits per heavy atom. The van der Waals surface area contributed by atoms with Gasteiger partial charge in [0.2, 0.25) is 0 Å². The molecule has 5 nitrogen and oxygen atoms in total. The van der Waals surface area contributed by atoms with E-state index in [1.807, 2.05) is 0 Å². The van der Waals surface area contributed by atoms with Gasteiger partial charge in [0.25, 0.3) is 0 Å². The lowest BCUT2D eigenvalue weighted by Gasteiger charge is -2.21. The highest BCUT2D eigenvalue weighted by Crippen LogP contribution is 2.19. The normalized spacial score (nSPS) is 20.7. The topological polar surface area (TPSA) is 64.6 Å². The van der Waals surface area contributed by atoms with E-state index >= 15 is 0 Å². The van der Waals surface area contributed by atoms with Crippen LogP contribution in [0.3, 0.4) is 0 Å². The monoisotopic (exact) mass is 285 g/mol. The molecule has 0 saturated carbocycles. The van der Waals surface area contributed by atoms with Crippen LogP contribution < -0.4 is 5.32 Å². The first-order valence-corrected chi connectivity index (χ1v) is 6.99. The van der Waals surface area contributed by atoms with Crippen molar-refractivity contribution in [1.29, 1.82) is 0 Å². The average molecular weight is 285 g/mol. The van der Waals surface area contributed by atoms with Gasteiger partial charge in [0.05, 0.1) is 19.1 Å². The van der Waals surface area contributed by atoms with E-state index in [1.54, 1.807) is 32.9 Å². The Kier molecular flexibility index (Phi) is 7.96. The summed E-state index contributed by atoms with van der Waals surface area (Å²) in [5.41, 5.74) is -0.520. The van der Waals surface area contributed by atoms with Gasteiger partial charge in [-0.15, -0.1) is 0 Å². The fourth-order valence-corrected chi connectivity index (χ4v) is 1.59. The Morgan fingerprint density at radius 2 is 1.80 bits per heavy atom. The quantitative estimate of drug-likeness (QED) is 0.625. The predicted molar refractivity (Wildman–Crippen MR) is 78.4 cm³/mol. The summed E-state index contributed by atoms with van der Waals surface area (Å²) in [6, 6.07) is -0.172. The van der Waals surface area contributed by atoms with Crippen LogP contribution in [0.4, 0.5) is 4.79 Å². The van der Waals surface area contributed by atoms with Gasteiger partial charge in [0, 0.05) is 0 Å². The van der Waals surface area contributed by atoms with E-state index < -0.39 is 11.7 Å². The van der Waals surface area contributed by atoms with Gasteiger partial charge in [0.1, 0.15) is 5.60 Å². The standard InChI is InChI=1S/C12H19NO4.C3H8/c1-12(2,3)17-11(15)13-9-6-5-8(7-9)10(14)16-4;1-3-2/h5-6,8-9H,7H2,1-4H3,(H,13,15);3H2,1-2H3. The van der Waals surface area contributed by atoms with Crippen molar-refractivity contribution < 1.29 is 19.1 Å². The summed E-state index contributed by atoms with van der Waals surface area (Å²) in [4.78, 5) is 22.7. The van der Waals surface area contributed by atoms with Crippen LogP contribution in [0.2, 0.25) is 0 Å². The summed E-state index contributed by atoms with van der Waals surface area (Å²) in [7, 11) is 1.35. The SMILES string of the molecule is CCC.COC(=O)C1C=CC(NC(=O)OC(C)(C)C)C1. The van der Waals surface area contributed by atoms with Gasteiger partial charge in [-0.1, -0.05) is 32.4 Å². The van der Waals surface area contributed by atoms with Crippen LogP contribution >= 0.6 is 0 Å². The highest BCUT2D eigenvalue weighted by atomic mass is 16.6. The molecule has 0 bridgehead atoms. The fraction of sp³-hybridized carbons (Fsp3) is 0.733. The predicted octanol–water partition coefficient (Wildman–Crippen LogP) is 3.05. The maximum Gasteiger partial charge on any atom is 0.408 e. The number of ether oxygens (including phenoxy) is 2. The third-order valence-electron chi connectivity index (χ3n) is 2.29. The van der Waals surface area contributed by atoms with Crippen LogP contribution in [-0.4, -0.2) is 30.8 Å². The molecule has 1 aliphatic rings. The first-order valence-electron chi connectivity index (χ1n) is 6.99. The van der Waals surface area contributed by atoms with Crippen molar-refractivity contribution in [2.45, 2.75) is 59.1 Å². The number of rotatable bonds is 2. The highest BCUT2D eigenvalue weighted by Gasteiger charge is 2.27. The van der Waals surface area contributed by atoms with E-state index in [0.717, 1.165) is 0 Å². The van der Waals surface area contributed by atoms with Crippen molar-refractivity contribution in [3.05, 3.63) is 12.2 Å². The number of nitrogens with one attached hydrogen (secondary N) is 1. The minimum Gasteiger partial charge on any atom is -0.469 e. The maximum atomic E-state index is 11.5. The zero-order valence-corrected chi connectivity index (χ0v) is 13.4. The van der Waals surface area contributed by atoms with Crippen LogP contribution in [0.1, 0.15) is 47.5 Å². The van der Waals surface area contributed by atoms with E-state index in [2.05, 4.69) is 23.9 Å². The molecule has 0 aromatic rings. The molecule has 0 aliphatic heterocycles. The summed E-state index contributed by atoms with van der Waals surface area (Å²) in [5, 5.41) is 2.69.